The van der Waals surface area contributed by atoms with Gasteiger partial charge in [-0.1, -0.05) is 0 Å². The van der Waals surface area contributed by atoms with Crippen LogP contribution in [0.5, 0.6) is 0 Å². The summed E-state index contributed by atoms with van der Waals surface area (Å²) in [5.41, 5.74) is -0.135. The molecular weight excluding hydrogens is 166 g/mol. The number of ether oxygens (including phenoxy) is 1. The van der Waals surface area contributed by atoms with E-state index >= 15 is 0 Å². The molecule has 1 unspecified atom stereocenters. The first kappa shape index (κ1) is 9.00. The molecule has 0 saturated carbocycles. The van der Waals surface area contributed by atoms with Crippen molar-refractivity contribution >= 4 is 5.97 Å². The van der Waals surface area contributed by atoms with Crippen molar-refractivity contribution in [2.24, 2.45) is 5.41 Å². The Kier molecular flexibility index (Phi) is 2.06. The Hall–Kier alpha value is -0.570. The molecule has 3 heteroatoms. The fraction of sp³-hybridized carbons (Fsp3) is 0.900. The van der Waals surface area contributed by atoms with Crippen LogP contribution >= 0.6 is 0 Å². The van der Waals surface area contributed by atoms with Crippen LogP contribution < -0.4 is 0 Å². The van der Waals surface area contributed by atoms with Gasteiger partial charge in [-0.15, -0.1) is 0 Å². The SMILES string of the molecule is CC(C)N1CCC2(CCOC2=O)C1. The van der Waals surface area contributed by atoms with Crippen molar-refractivity contribution in [3.8, 4) is 0 Å². The first-order valence-electron chi connectivity index (χ1n) is 5.05. The number of likely N-dealkylation sites (tertiary alicyclic amines) is 1. The van der Waals surface area contributed by atoms with Crippen LogP contribution in [0, 0.1) is 5.41 Å². The van der Waals surface area contributed by atoms with Crippen molar-refractivity contribution in [3.63, 3.8) is 0 Å². The lowest BCUT2D eigenvalue weighted by atomic mass is 9.86. The first-order valence-corrected chi connectivity index (χ1v) is 5.05. The molecule has 0 aromatic rings. The van der Waals surface area contributed by atoms with E-state index < -0.39 is 0 Å². The Labute approximate surface area is 79.0 Å². The molecule has 2 fully saturated rings. The highest BCUT2D eigenvalue weighted by molar-refractivity contribution is 5.79. The minimum Gasteiger partial charge on any atom is -0.465 e. The van der Waals surface area contributed by atoms with Gasteiger partial charge in [0.25, 0.3) is 0 Å². The van der Waals surface area contributed by atoms with Crippen molar-refractivity contribution in [1.82, 2.24) is 4.90 Å². The van der Waals surface area contributed by atoms with Gasteiger partial charge in [0.1, 0.15) is 0 Å². The van der Waals surface area contributed by atoms with Crippen molar-refractivity contribution in [2.45, 2.75) is 32.7 Å². The van der Waals surface area contributed by atoms with E-state index in [0.717, 1.165) is 25.9 Å². The van der Waals surface area contributed by atoms with Gasteiger partial charge in [0, 0.05) is 12.6 Å². The summed E-state index contributed by atoms with van der Waals surface area (Å²) in [7, 11) is 0. The summed E-state index contributed by atoms with van der Waals surface area (Å²) in [6.45, 7) is 6.94. The van der Waals surface area contributed by atoms with Gasteiger partial charge in [-0.3, -0.25) is 9.69 Å². The highest BCUT2D eigenvalue weighted by Gasteiger charge is 2.49. The number of hydrogen-bond donors (Lipinski definition) is 0. The van der Waals surface area contributed by atoms with Crippen LogP contribution in [0.4, 0.5) is 0 Å². The summed E-state index contributed by atoms with van der Waals surface area (Å²) >= 11 is 0. The van der Waals surface area contributed by atoms with Crippen LogP contribution in [0.15, 0.2) is 0 Å². The van der Waals surface area contributed by atoms with Crippen LogP contribution in [0.25, 0.3) is 0 Å². The fourth-order valence-corrected chi connectivity index (χ4v) is 2.31. The molecule has 13 heavy (non-hydrogen) atoms. The molecular formula is C10H17NO2. The zero-order valence-corrected chi connectivity index (χ0v) is 8.38. The van der Waals surface area contributed by atoms with E-state index in [0.29, 0.717) is 12.6 Å². The maximum absolute atomic E-state index is 11.5. The fourth-order valence-electron chi connectivity index (χ4n) is 2.31. The first-order chi connectivity index (χ1) is 6.14. The molecule has 2 aliphatic rings. The molecule has 0 radical (unpaired) electrons. The molecule has 0 aromatic heterocycles. The number of hydrogen-bond acceptors (Lipinski definition) is 3. The van der Waals surface area contributed by atoms with E-state index in [1.165, 1.54) is 0 Å². The van der Waals surface area contributed by atoms with E-state index in [2.05, 4.69) is 18.7 Å². The zero-order valence-electron chi connectivity index (χ0n) is 8.38. The quantitative estimate of drug-likeness (QED) is 0.569. The summed E-state index contributed by atoms with van der Waals surface area (Å²) in [6.07, 6.45) is 1.92. The maximum atomic E-state index is 11.5. The van der Waals surface area contributed by atoms with E-state index in [4.69, 9.17) is 4.74 Å². The minimum atomic E-state index is -0.135. The monoisotopic (exact) mass is 183 g/mol. The standard InChI is InChI=1S/C10H17NO2/c1-8(2)11-5-3-10(7-11)4-6-13-9(10)12/h8H,3-7H2,1-2H3. The van der Waals surface area contributed by atoms with Crippen molar-refractivity contribution < 1.29 is 9.53 Å². The Bertz CT molecular complexity index is 227. The van der Waals surface area contributed by atoms with E-state index in [9.17, 15) is 4.79 Å². The second kappa shape index (κ2) is 2.98. The molecule has 1 atom stereocenters. The summed E-state index contributed by atoms with van der Waals surface area (Å²) in [5.74, 6) is 0.0376. The van der Waals surface area contributed by atoms with Crippen molar-refractivity contribution in [3.05, 3.63) is 0 Å². The highest BCUT2D eigenvalue weighted by Crippen LogP contribution is 2.39. The van der Waals surface area contributed by atoms with E-state index in [1.807, 2.05) is 0 Å². The van der Waals surface area contributed by atoms with E-state index in [1.54, 1.807) is 0 Å². The van der Waals surface area contributed by atoms with Crippen molar-refractivity contribution in [2.75, 3.05) is 19.7 Å². The highest BCUT2D eigenvalue weighted by atomic mass is 16.5. The molecule has 0 amide bonds. The average Bonchev–Trinajstić information content (AvgIpc) is 2.63. The Balaban J connectivity index is 2.07. The number of cyclic esters (lactones) is 1. The lowest BCUT2D eigenvalue weighted by molar-refractivity contribution is -0.145. The summed E-state index contributed by atoms with van der Waals surface area (Å²) in [5, 5.41) is 0. The Morgan fingerprint density at radius 3 is 2.69 bits per heavy atom. The molecule has 0 aromatic carbocycles. The summed E-state index contributed by atoms with van der Waals surface area (Å²) in [6, 6.07) is 0.549. The molecule has 0 aliphatic carbocycles. The molecule has 74 valence electrons. The van der Waals surface area contributed by atoms with Crippen molar-refractivity contribution in [1.29, 1.82) is 0 Å². The van der Waals surface area contributed by atoms with Crippen LogP contribution in [0.2, 0.25) is 0 Å². The predicted octanol–water partition coefficient (Wildman–Crippen LogP) is 1.03. The number of esters is 1. The van der Waals surface area contributed by atoms with Crippen LogP contribution in [0.1, 0.15) is 26.7 Å². The van der Waals surface area contributed by atoms with Crippen LogP contribution in [-0.4, -0.2) is 36.6 Å². The molecule has 2 heterocycles. The van der Waals surface area contributed by atoms with Gasteiger partial charge in [-0.05, 0) is 33.2 Å². The van der Waals surface area contributed by atoms with Crippen LogP contribution in [0.3, 0.4) is 0 Å². The molecule has 1 spiro atoms. The predicted molar refractivity (Wildman–Crippen MR) is 49.3 cm³/mol. The van der Waals surface area contributed by atoms with Gasteiger partial charge in [0.15, 0.2) is 0 Å². The maximum Gasteiger partial charge on any atom is 0.313 e. The lowest BCUT2D eigenvalue weighted by Gasteiger charge is -2.22. The number of carbonyl (C=O) groups is 1. The average molecular weight is 183 g/mol. The van der Waals surface area contributed by atoms with Gasteiger partial charge in [0.2, 0.25) is 0 Å². The second-order valence-corrected chi connectivity index (χ2v) is 4.48. The topological polar surface area (TPSA) is 29.5 Å². The lowest BCUT2D eigenvalue weighted by Crippen LogP contribution is -2.34. The second-order valence-electron chi connectivity index (χ2n) is 4.48. The summed E-state index contributed by atoms with van der Waals surface area (Å²) in [4.78, 5) is 13.9. The van der Waals surface area contributed by atoms with Gasteiger partial charge in [-0.25, -0.2) is 0 Å². The Morgan fingerprint density at radius 1 is 1.46 bits per heavy atom. The molecule has 2 saturated heterocycles. The van der Waals surface area contributed by atoms with Crippen LogP contribution in [-0.2, 0) is 9.53 Å². The minimum absolute atomic E-state index is 0.0376. The third kappa shape index (κ3) is 1.35. The molecule has 0 N–H and O–H groups in total. The molecule has 3 nitrogen and oxygen atoms in total. The molecule has 0 bridgehead atoms. The third-order valence-corrected chi connectivity index (χ3v) is 3.36. The van der Waals surface area contributed by atoms with Gasteiger partial charge in [0.05, 0.1) is 12.0 Å². The number of rotatable bonds is 1. The van der Waals surface area contributed by atoms with Gasteiger partial charge >= 0.3 is 5.97 Å². The smallest absolute Gasteiger partial charge is 0.313 e. The van der Waals surface area contributed by atoms with Gasteiger partial charge in [-0.2, -0.15) is 0 Å². The number of nitrogens with zero attached hydrogens (tertiary/aromatic N) is 1. The Morgan fingerprint density at radius 2 is 2.23 bits per heavy atom. The summed E-state index contributed by atoms with van der Waals surface area (Å²) < 4.78 is 5.05. The van der Waals surface area contributed by atoms with E-state index in [-0.39, 0.29) is 11.4 Å². The normalized spacial score (nSPS) is 34.8. The largest absolute Gasteiger partial charge is 0.465 e. The molecule has 2 rings (SSSR count). The third-order valence-electron chi connectivity index (χ3n) is 3.36. The molecule has 2 aliphatic heterocycles. The number of carbonyl (C=O) groups excluding carboxylic acids is 1. The van der Waals surface area contributed by atoms with Gasteiger partial charge < -0.3 is 4.74 Å². The zero-order chi connectivity index (χ0) is 9.47.